The number of hydrogen-bond acceptors (Lipinski definition) is 3. The molecule has 0 aliphatic carbocycles. The minimum atomic E-state index is -0.903. The summed E-state index contributed by atoms with van der Waals surface area (Å²) < 4.78 is 0. The number of aryl methyl sites for hydroxylation is 1. The first-order valence-corrected chi connectivity index (χ1v) is 7.16. The first-order valence-electron chi connectivity index (χ1n) is 7.16. The van der Waals surface area contributed by atoms with Crippen molar-refractivity contribution in [3.05, 3.63) is 65.4 Å². The molecule has 0 bridgehead atoms. The van der Waals surface area contributed by atoms with E-state index < -0.39 is 17.9 Å². The standard InChI is InChI=1S/C17H16N4O2/c1-10-7-8-13-12(9-10)15(21-20-13)17(23)19-14(16(18)22)11-5-3-2-4-6-11/h2-9,14H,1H3,(H2,18,22)(H,19,23)(H,20,21). The maximum Gasteiger partial charge on any atom is 0.273 e. The van der Waals surface area contributed by atoms with Gasteiger partial charge in [-0.05, 0) is 24.6 Å². The van der Waals surface area contributed by atoms with Crippen molar-refractivity contribution in [2.45, 2.75) is 13.0 Å². The fraction of sp³-hybridized carbons (Fsp3) is 0.118. The van der Waals surface area contributed by atoms with Gasteiger partial charge in [0.2, 0.25) is 5.91 Å². The second kappa shape index (κ2) is 5.92. The maximum absolute atomic E-state index is 12.5. The molecule has 1 unspecified atom stereocenters. The van der Waals surface area contributed by atoms with E-state index in [4.69, 9.17) is 5.73 Å². The van der Waals surface area contributed by atoms with Gasteiger partial charge in [0.1, 0.15) is 6.04 Å². The molecule has 1 heterocycles. The Morgan fingerprint density at radius 3 is 2.61 bits per heavy atom. The van der Waals surface area contributed by atoms with E-state index in [1.807, 2.05) is 31.2 Å². The summed E-state index contributed by atoms with van der Waals surface area (Å²) in [6.45, 7) is 1.93. The second-order valence-electron chi connectivity index (χ2n) is 5.34. The molecule has 0 aliphatic rings. The van der Waals surface area contributed by atoms with Crippen LogP contribution in [0.1, 0.15) is 27.7 Å². The Morgan fingerprint density at radius 2 is 1.91 bits per heavy atom. The molecule has 6 nitrogen and oxygen atoms in total. The van der Waals surface area contributed by atoms with E-state index in [1.165, 1.54) is 0 Å². The molecule has 0 spiro atoms. The number of aromatic amines is 1. The first-order chi connectivity index (χ1) is 11.1. The predicted octanol–water partition coefficient (Wildman–Crippen LogP) is 1.83. The third kappa shape index (κ3) is 2.91. The van der Waals surface area contributed by atoms with Crippen molar-refractivity contribution in [3.63, 3.8) is 0 Å². The molecule has 0 saturated heterocycles. The molecule has 4 N–H and O–H groups in total. The van der Waals surface area contributed by atoms with Gasteiger partial charge in [0.25, 0.3) is 5.91 Å². The van der Waals surface area contributed by atoms with E-state index >= 15 is 0 Å². The third-order valence-corrected chi connectivity index (χ3v) is 3.63. The van der Waals surface area contributed by atoms with E-state index in [-0.39, 0.29) is 5.69 Å². The van der Waals surface area contributed by atoms with Crippen LogP contribution in [-0.2, 0) is 4.79 Å². The van der Waals surface area contributed by atoms with Crippen molar-refractivity contribution in [2.24, 2.45) is 5.73 Å². The number of carbonyl (C=O) groups excluding carboxylic acids is 2. The molecule has 6 heteroatoms. The molecule has 0 aliphatic heterocycles. The molecule has 2 amide bonds. The summed E-state index contributed by atoms with van der Waals surface area (Å²) >= 11 is 0. The van der Waals surface area contributed by atoms with Gasteiger partial charge in [0, 0.05) is 5.39 Å². The normalized spacial score (nSPS) is 12.0. The molecule has 0 radical (unpaired) electrons. The zero-order valence-corrected chi connectivity index (χ0v) is 12.5. The van der Waals surface area contributed by atoms with Crippen LogP contribution in [-0.4, -0.2) is 22.0 Å². The Bertz CT molecular complexity index is 871. The molecule has 3 aromatic rings. The van der Waals surface area contributed by atoms with Crippen molar-refractivity contribution in [3.8, 4) is 0 Å². The molecule has 116 valence electrons. The van der Waals surface area contributed by atoms with E-state index in [9.17, 15) is 9.59 Å². The van der Waals surface area contributed by atoms with Crippen molar-refractivity contribution >= 4 is 22.7 Å². The number of aromatic nitrogens is 2. The van der Waals surface area contributed by atoms with Crippen molar-refractivity contribution in [1.29, 1.82) is 0 Å². The molecule has 3 rings (SSSR count). The zero-order valence-electron chi connectivity index (χ0n) is 12.5. The lowest BCUT2D eigenvalue weighted by Crippen LogP contribution is -2.37. The van der Waals surface area contributed by atoms with Crippen LogP contribution in [0, 0.1) is 6.92 Å². The highest BCUT2D eigenvalue weighted by molar-refractivity contribution is 6.06. The summed E-state index contributed by atoms with van der Waals surface area (Å²) in [5, 5.41) is 10.2. The molecular formula is C17H16N4O2. The average Bonchev–Trinajstić information content (AvgIpc) is 2.96. The Kier molecular flexibility index (Phi) is 3.80. The SMILES string of the molecule is Cc1ccc2[nH]nc(C(=O)NC(C(N)=O)c3ccccc3)c2c1. The van der Waals surface area contributed by atoms with Gasteiger partial charge in [-0.25, -0.2) is 0 Å². The molecule has 23 heavy (non-hydrogen) atoms. The lowest BCUT2D eigenvalue weighted by molar-refractivity contribution is -0.120. The van der Waals surface area contributed by atoms with E-state index in [0.717, 1.165) is 11.1 Å². The molecule has 0 saturated carbocycles. The highest BCUT2D eigenvalue weighted by Gasteiger charge is 2.23. The van der Waals surface area contributed by atoms with Gasteiger partial charge in [0.15, 0.2) is 5.69 Å². The van der Waals surface area contributed by atoms with Gasteiger partial charge < -0.3 is 11.1 Å². The fourth-order valence-corrected chi connectivity index (χ4v) is 2.46. The minimum Gasteiger partial charge on any atom is -0.368 e. The highest BCUT2D eigenvalue weighted by atomic mass is 16.2. The first kappa shape index (κ1) is 14.8. The van der Waals surface area contributed by atoms with Crippen LogP contribution in [0.15, 0.2) is 48.5 Å². The number of primary amides is 1. The third-order valence-electron chi connectivity index (χ3n) is 3.63. The summed E-state index contributed by atoms with van der Waals surface area (Å²) in [6, 6.07) is 13.6. The quantitative estimate of drug-likeness (QED) is 0.685. The number of hydrogen-bond donors (Lipinski definition) is 3. The molecular weight excluding hydrogens is 292 g/mol. The Hall–Kier alpha value is -3.15. The summed E-state index contributed by atoms with van der Waals surface area (Å²) in [4.78, 5) is 24.2. The van der Waals surface area contributed by atoms with E-state index in [2.05, 4.69) is 15.5 Å². The molecule has 1 aromatic heterocycles. The maximum atomic E-state index is 12.5. The van der Waals surface area contributed by atoms with Crippen LogP contribution in [0.4, 0.5) is 0 Å². The van der Waals surface area contributed by atoms with Crippen LogP contribution >= 0.6 is 0 Å². The van der Waals surface area contributed by atoms with Crippen LogP contribution < -0.4 is 11.1 Å². The second-order valence-corrected chi connectivity index (χ2v) is 5.34. The van der Waals surface area contributed by atoms with Gasteiger partial charge in [-0.3, -0.25) is 14.7 Å². The number of benzene rings is 2. The van der Waals surface area contributed by atoms with Crippen molar-refractivity contribution < 1.29 is 9.59 Å². The zero-order chi connectivity index (χ0) is 16.4. The average molecular weight is 308 g/mol. The summed E-state index contributed by atoms with van der Waals surface area (Å²) in [7, 11) is 0. The van der Waals surface area contributed by atoms with Crippen LogP contribution in [0.3, 0.4) is 0 Å². The number of nitrogens with zero attached hydrogens (tertiary/aromatic N) is 1. The Labute approximate surface area is 132 Å². The predicted molar refractivity (Wildman–Crippen MR) is 86.7 cm³/mol. The van der Waals surface area contributed by atoms with Crippen LogP contribution in [0.2, 0.25) is 0 Å². The van der Waals surface area contributed by atoms with Crippen LogP contribution in [0.25, 0.3) is 10.9 Å². The van der Waals surface area contributed by atoms with Gasteiger partial charge in [0.05, 0.1) is 5.52 Å². The smallest absolute Gasteiger partial charge is 0.273 e. The number of amides is 2. The number of nitrogens with two attached hydrogens (primary N) is 1. The summed E-state index contributed by atoms with van der Waals surface area (Å²) in [6.07, 6.45) is 0. The van der Waals surface area contributed by atoms with Crippen molar-refractivity contribution in [1.82, 2.24) is 15.5 Å². The number of fused-ring (bicyclic) bond motifs is 1. The summed E-state index contributed by atoms with van der Waals surface area (Å²) in [5.74, 6) is -1.07. The Balaban J connectivity index is 1.92. The fourth-order valence-electron chi connectivity index (χ4n) is 2.46. The van der Waals surface area contributed by atoms with Crippen LogP contribution in [0.5, 0.6) is 0 Å². The van der Waals surface area contributed by atoms with E-state index in [0.29, 0.717) is 10.9 Å². The Morgan fingerprint density at radius 1 is 1.17 bits per heavy atom. The number of nitrogens with one attached hydrogen (secondary N) is 2. The summed E-state index contributed by atoms with van der Waals surface area (Å²) in [5.41, 5.74) is 8.07. The molecule has 1 atom stereocenters. The number of carbonyl (C=O) groups is 2. The molecule has 2 aromatic carbocycles. The largest absolute Gasteiger partial charge is 0.368 e. The van der Waals surface area contributed by atoms with Crippen molar-refractivity contribution in [2.75, 3.05) is 0 Å². The topological polar surface area (TPSA) is 101 Å². The number of rotatable bonds is 4. The van der Waals surface area contributed by atoms with Gasteiger partial charge in [-0.2, -0.15) is 5.10 Å². The van der Waals surface area contributed by atoms with Gasteiger partial charge >= 0.3 is 0 Å². The monoisotopic (exact) mass is 308 g/mol. The number of H-pyrrole nitrogens is 1. The minimum absolute atomic E-state index is 0.242. The highest BCUT2D eigenvalue weighted by Crippen LogP contribution is 2.19. The lowest BCUT2D eigenvalue weighted by Gasteiger charge is -2.15. The van der Waals surface area contributed by atoms with E-state index in [1.54, 1.807) is 24.3 Å². The van der Waals surface area contributed by atoms with Gasteiger partial charge in [-0.15, -0.1) is 0 Å². The lowest BCUT2D eigenvalue weighted by atomic mass is 10.1. The molecule has 0 fully saturated rings. The van der Waals surface area contributed by atoms with Gasteiger partial charge in [-0.1, -0.05) is 42.0 Å².